The SMILES string of the molecule is O=C1CCC=NC1. The van der Waals surface area contributed by atoms with Crippen molar-refractivity contribution in [3.63, 3.8) is 0 Å². The van der Waals surface area contributed by atoms with E-state index in [9.17, 15) is 4.79 Å². The van der Waals surface area contributed by atoms with Gasteiger partial charge in [0.05, 0.1) is 6.54 Å². The van der Waals surface area contributed by atoms with Crippen molar-refractivity contribution in [1.29, 1.82) is 0 Å². The van der Waals surface area contributed by atoms with Crippen molar-refractivity contribution >= 4 is 12.0 Å². The molecule has 0 unspecified atom stereocenters. The van der Waals surface area contributed by atoms with E-state index in [0.717, 1.165) is 6.42 Å². The Bertz CT molecular complexity index is 107. The van der Waals surface area contributed by atoms with Gasteiger partial charge in [0.2, 0.25) is 0 Å². The summed E-state index contributed by atoms with van der Waals surface area (Å²) in [5.74, 6) is 0.266. The third-order valence-electron chi connectivity index (χ3n) is 0.949. The summed E-state index contributed by atoms with van der Waals surface area (Å²) in [5, 5.41) is 0. The van der Waals surface area contributed by atoms with Gasteiger partial charge >= 0.3 is 0 Å². The summed E-state index contributed by atoms with van der Waals surface area (Å²) >= 11 is 0. The fourth-order valence-electron chi connectivity index (χ4n) is 0.562. The standard InChI is InChI=1S/C5H7NO/c7-5-2-1-3-6-4-5/h3H,1-2,4H2. The zero-order valence-electron chi connectivity index (χ0n) is 4.05. The van der Waals surface area contributed by atoms with Crippen LogP contribution in [-0.4, -0.2) is 18.5 Å². The van der Waals surface area contributed by atoms with Crippen molar-refractivity contribution in [3.05, 3.63) is 0 Å². The molecule has 1 rings (SSSR count). The van der Waals surface area contributed by atoms with Crippen molar-refractivity contribution in [2.75, 3.05) is 6.54 Å². The molecule has 0 N–H and O–H groups in total. The average Bonchev–Trinajstić information content (AvgIpc) is 1.69. The van der Waals surface area contributed by atoms with Gasteiger partial charge in [0, 0.05) is 6.42 Å². The Morgan fingerprint density at radius 1 is 1.71 bits per heavy atom. The third kappa shape index (κ3) is 1.11. The summed E-state index contributed by atoms with van der Waals surface area (Å²) in [6, 6.07) is 0. The van der Waals surface area contributed by atoms with Crippen LogP contribution in [0.25, 0.3) is 0 Å². The Hall–Kier alpha value is -0.660. The van der Waals surface area contributed by atoms with Crippen LogP contribution in [-0.2, 0) is 4.79 Å². The van der Waals surface area contributed by atoms with Gasteiger partial charge in [-0.3, -0.25) is 9.79 Å². The molecule has 7 heavy (non-hydrogen) atoms. The van der Waals surface area contributed by atoms with Crippen LogP contribution >= 0.6 is 0 Å². The average molecular weight is 97.1 g/mol. The highest BCUT2D eigenvalue weighted by atomic mass is 16.1. The number of aliphatic imine (C=N–C) groups is 1. The third-order valence-corrected chi connectivity index (χ3v) is 0.949. The molecule has 0 spiro atoms. The van der Waals surface area contributed by atoms with Crippen LogP contribution in [0.1, 0.15) is 12.8 Å². The number of rotatable bonds is 0. The first-order valence-electron chi connectivity index (χ1n) is 2.39. The molecule has 2 nitrogen and oxygen atoms in total. The number of carbonyl (C=O) groups is 1. The lowest BCUT2D eigenvalue weighted by molar-refractivity contribution is -0.117. The van der Waals surface area contributed by atoms with Gasteiger partial charge in [-0.15, -0.1) is 0 Å². The number of carbonyl (C=O) groups excluding carboxylic acids is 1. The van der Waals surface area contributed by atoms with E-state index in [4.69, 9.17) is 0 Å². The van der Waals surface area contributed by atoms with E-state index in [1.165, 1.54) is 0 Å². The van der Waals surface area contributed by atoms with Crippen molar-refractivity contribution in [3.8, 4) is 0 Å². The molecule has 0 aromatic rings. The quantitative estimate of drug-likeness (QED) is 0.430. The lowest BCUT2D eigenvalue weighted by atomic mass is 10.2. The largest absolute Gasteiger partial charge is 0.298 e. The normalized spacial score (nSPS) is 20.3. The highest BCUT2D eigenvalue weighted by Crippen LogP contribution is 1.93. The van der Waals surface area contributed by atoms with E-state index in [2.05, 4.69) is 4.99 Å². The summed E-state index contributed by atoms with van der Waals surface area (Å²) in [5.41, 5.74) is 0. The molecular weight excluding hydrogens is 90.1 g/mol. The van der Waals surface area contributed by atoms with Crippen LogP contribution in [0, 0.1) is 0 Å². The van der Waals surface area contributed by atoms with Crippen LogP contribution in [0.3, 0.4) is 0 Å². The molecule has 1 aliphatic heterocycles. The summed E-state index contributed by atoms with van der Waals surface area (Å²) in [7, 11) is 0. The second-order valence-corrected chi connectivity index (χ2v) is 1.60. The van der Waals surface area contributed by atoms with Crippen molar-refractivity contribution in [2.45, 2.75) is 12.8 Å². The predicted molar refractivity (Wildman–Crippen MR) is 27.6 cm³/mol. The molecule has 1 heterocycles. The molecule has 0 bridgehead atoms. The lowest BCUT2D eigenvalue weighted by Gasteiger charge is -1.97. The van der Waals surface area contributed by atoms with Crippen molar-refractivity contribution < 1.29 is 4.79 Å². The minimum atomic E-state index is 0.266. The predicted octanol–water partition coefficient (Wildman–Crippen LogP) is 0.420. The summed E-state index contributed by atoms with van der Waals surface area (Å²) in [4.78, 5) is 14.1. The molecule has 0 aliphatic carbocycles. The summed E-state index contributed by atoms with van der Waals surface area (Å²) in [6.07, 6.45) is 3.35. The fraction of sp³-hybridized carbons (Fsp3) is 0.600. The van der Waals surface area contributed by atoms with Crippen molar-refractivity contribution in [2.24, 2.45) is 4.99 Å². The minimum Gasteiger partial charge on any atom is -0.298 e. The van der Waals surface area contributed by atoms with Gasteiger partial charge in [-0.25, -0.2) is 0 Å². The Kier molecular flexibility index (Phi) is 1.20. The Morgan fingerprint density at radius 3 is 2.86 bits per heavy atom. The number of hydrogen-bond acceptors (Lipinski definition) is 2. The number of nitrogens with zero attached hydrogens (tertiary/aromatic N) is 1. The molecule has 0 radical (unpaired) electrons. The smallest absolute Gasteiger partial charge is 0.154 e. The van der Waals surface area contributed by atoms with Gasteiger partial charge in [0.25, 0.3) is 0 Å². The maximum absolute atomic E-state index is 10.3. The van der Waals surface area contributed by atoms with Crippen LogP contribution in [0.15, 0.2) is 4.99 Å². The first-order valence-corrected chi connectivity index (χ1v) is 2.39. The van der Waals surface area contributed by atoms with Gasteiger partial charge in [0.1, 0.15) is 0 Å². The molecule has 2 heteroatoms. The molecule has 0 aromatic carbocycles. The first kappa shape index (κ1) is 4.50. The van der Waals surface area contributed by atoms with E-state index in [-0.39, 0.29) is 5.78 Å². The maximum Gasteiger partial charge on any atom is 0.154 e. The van der Waals surface area contributed by atoms with Gasteiger partial charge in [-0.05, 0) is 12.6 Å². The van der Waals surface area contributed by atoms with E-state index in [0.29, 0.717) is 13.0 Å². The minimum absolute atomic E-state index is 0.266. The van der Waals surface area contributed by atoms with E-state index in [1.807, 2.05) is 0 Å². The van der Waals surface area contributed by atoms with Crippen LogP contribution < -0.4 is 0 Å². The van der Waals surface area contributed by atoms with E-state index < -0.39 is 0 Å². The molecule has 0 amide bonds. The molecule has 38 valence electrons. The lowest BCUT2D eigenvalue weighted by Crippen LogP contribution is -2.06. The highest BCUT2D eigenvalue weighted by Gasteiger charge is 2.01. The summed E-state index contributed by atoms with van der Waals surface area (Å²) in [6.45, 7) is 0.417. The zero-order valence-corrected chi connectivity index (χ0v) is 4.05. The van der Waals surface area contributed by atoms with Gasteiger partial charge in [-0.1, -0.05) is 0 Å². The van der Waals surface area contributed by atoms with E-state index in [1.54, 1.807) is 6.21 Å². The highest BCUT2D eigenvalue weighted by molar-refractivity contribution is 5.86. The molecule has 0 saturated heterocycles. The van der Waals surface area contributed by atoms with E-state index >= 15 is 0 Å². The summed E-state index contributed by atoms with van der Waals surface area (Å²) < 4.78 is 0. The second kappa shape index (κ2) is 1.87. The van der Waals surface area contributed by atoms with Crippen LogP contribution in [0.2, 0.25) is 0 Å². The zero-order chi connectivity index (χ0) is 5.11. The second-order valence-electron chi connectivity index (χ2n) is 1.60. The van der Waals surface area contributed by atoms with Gasteiger partial charge < -0.3 is 0 Å². The molecule has 0 saturated carbocycles. The molecule has 1 aliphatic rings. The fourth-order valence-corrected chi connectivity index (χ4v) is 0.562. The molecular formula is C5H7NO. The van der Waals surface area contributed by atoms with Crippen LogP contribution in [0.4, 0.5) is 0 Å². The van der Waals surface area contributed by atoms with Crippen LogP contribution in [0.5, 0.6) is 0 Å². The van der Waals surface area contributed by atoms with Gasteiger partial charge in [0.15, 0.2) is 5.78 Å². The van der Waals surface area contributed by atoms with Gasteiger partial charge in [-0.2, -0.15) is 0 Å². The molecule has 0 fully saturated rings. The molecule has 0 aromatic heterocycles. The number of hydrogen-bond donors (Lipinski definition) is 0. The Labute approximate surface area is 42.3 Å². The Morgan fingerprint density at radius 2 is 2.57 bits per heavy atom. The topological polar surface area (TPSA) is 29.4 Å². The molecule has 0 atom stereocenters. The monoisotopic (exact) mass is 97.1 g/mol. The number of ketones is 1. The first-order chi connectivity index (χ1) is 3.39. The maximum atomic E-state index is 10.3. The number of Topliss-reactive ketones (excluding diaryl/α,β-unsaturated/α-hetero) is 1. The van der Waals surface area contributed by atoms with Crippen molar-refractivity contribution in [1.82, 2.24) is 0 Å². The Balaban J connectivity index is 2.47.